The second-order valence-electron chi connectivity index (χ2n) is 7.64. The smallest absolute Gasteiger partial charge is 0.244 e. The van der Waals surface area contributed by atoms with Crippen molar-refractivity contribution in [3.63, 3.8) is 0 Å². The van der Waals surface area contributed by atoms with Gasteiger partial charge in [0, 0.05) is 32.0 Å². The number of nitrogens with zero attached hydrogens (tertiary/aromatic N) is 4. The summed E-state index contributed by atoms with van der Waals surface area (Å²) in [5.74, 6) is 1.52. The van der Waals surface area contributed by atoms with E-state index >= 15 is 0 Å². The number of aryl methyl sites for hydroxylation is 2. The third-order valence-corrected chi connectivity index (χ3v) is 5.56. The topological polar surface area (TPSA) is 41.4 Å². The number of rotatable bonds is 6. The minimum absolute atomic E-state index is 0.107. The molecule has 1 aliphatic heterocycles. The predicted octanol–water partition coefficient (Wildman–Crippen LogP) is 3.26. The molecule has 1 aromatic carbocycles. The Morgan fingerprint density at radius 1 is 1.26 bits per heavy atom. The van der Waals surface area contributed by atoms with Gasteiger partial charge in [0.25, 0.3) is 0 Å². The van der Waals surface area contributed by atoms with Gasteiger partial charge in [-0.25, -0.2) is 9.37 Å². The summed E-state index contributed by atoms with van der Waals surface area (Å²) in [6.45, 7) is 4.59. The number of benzene rings is 1. The van der Waals surface area contributed by atoms with Crippen LogP contribution >= 0.6 is 0 Å². The van der Waals surface area contributed by atoms with Crippen LogP contribution in [0.4, 0.5) is 4.39 Å². The van der Waals surface area contributed by atoms with Crippen molar-refractivity contribution < 1.29 is 9.18 Å². The van der Waals surface area contributed by atoms with Gasteiger partial charge in [-0.15, -0.1) is 0 Å². The van der Waals surface area contributed by atoms with Crippen LogP contribution in [0.25, 0.3) is 0 Å². The predicted molar refractivity (Wildman–Crippen MR) is 104 cm³/mol. The monoisotopic (exact) mass is 372 g/mol. The number of carbonyl (C=O) groups is 1. The fourth-order valence-electron chi connectivity index (χ4n) is 3.88. The summed E-state index contributed by atoms with van der Waals surface area (Å²) in [7, 11) is 3.79. The van der Waals surface area contributed by atoms with Gasteiger partial charge < -0.3 is 9.47 Å². The average molecular weight is 372 g/mol. The normalized spacial score (nSPS) is 16.7. The maximum Gasteiger partial charge on any atom is 0.244 e. The Morgan fingerprint density at radius 3 is 2.48 bits per heavy atom. The molecule has 146 valence electrons. The molecule has 3 rings (SSSR count). The Labute approximate surface area is 160 Å². The van der Waals surface area contributed by atoms with Crippen LogP contribution in [0.3, 0.4) is 0 Å². The van der Waals surface area contributed by atoms with Crippen molar-refractivity contribution in [2.75, 3.05) is 27.2 Å². The molecule has 1 saturated heterocycles. The van der Waals surface area contributed by atoms with Gasteiger partial charge in [-0.05, 0) is 63.9 Å². The second kappa shape index (κ2) is 8.65. The molecule has 0 N–H and O–H groups in total. The van der Waals surface area contributed by atoms with Gasteiger partial charge in [-0.3, -0.25) is 9.69 Å². The van der Waals surface area contributed by atoms with Gasteiger partial charge >= 0.3 is 0 Å². The molecule has 1 fully saturated rings. The quantitative estimate of drug-likeness (QED) is 0.782. The standard InChI is InChI=1S/C21H29FN4O/c1-16-23-11-15-25(16)12-8-17-9-13-26(14-10-17)21(27)20(24(2)3)18-4-6-19(22)7-5-18/h4-7,11,15,17,20H,8-10,12-14H2,1-3H3. The number of likely N-dealkylation sites (N-methyl/N-ethyl adjacent to an activating group) is 1. The first-order valence-electron chi connectivity index (χ1n) is 9.64. The fraction of sp³-hybridized carbons (Fsp3) is 0.524. The number of imidazole rings is 1. The van der Waals surface area contributed by atoms with E-state index in [-0.39, 0.29) is 17.8 Å². The van der Waals surface area contributed by atoms with Crippen LogP contribution in [0.1, 0.15) is 36.7 Å². The lowest BCUT2D eigenvalue weighted by atomic mass is 9.92. The van der Waals surface area contributed by atoms with Crippen LogP contribution in [0.15, 0.2) is 36.7 Å². The van der Waals surface area contributed by atoms with Crippen LogP contribution in [-0.2, 0) is 11.3 Å². The van der Waals surface area contributed by atoms with Crippen molar-refractivity contribution in [2.24, 2.45) is 5.92 Å². The van der Waals surface area contributed by atoms with Crippen LogP contribution in [0.2, 0.25) is 0 Å². The Morgan fingerprint density at radius 2 is 1.93 bits per heavy atom. The van der Waals surface area contributed by atoms with Crippen LogP contribution in [0.5, 0.6) is 0 Å². The lowest BCUT2D eigenvalue weighted by Crippen LogP contribution is -2.44. The van der Waals surface area contributed by atoms with E-state index in [9.17, 15) is 9.18 Å². The molecular formula is C21H29FN4O. The summed E-state index contributed by atoms with van der Waals surface area (Å²) in [5.41, 5.74) is 0.837. The Bertz CT molecular complexity index is 748. The molecule has 0 radical (unpaired) electrons. The molecule has 2 aromatic rings. The molecule has 1 unspecified atom stereocenters. The van der Waals surface area contributed by atoms with E-state index in [1.54, 1.807) is 12.1 Å². The summed E-state index contributed by atoms with van der Waals surface area (Å²) in [4.78, 5) is 21.2. The molecule has 0 saturated carbocycles. The van der Waals surface area contributed by atoms with Gasteiger partial charge in [0.15, 0.2) is 0 Å². The second-order valence-corrected chi connectivity index (χ2v) is 7.64. The Kier molecular flexibility index (Phi) is 6.26. The van der Waals surface area contributed by atoms with E-state index in [1.165, 1.54) is 12.1 Å². The zero-order chi connectivity index (χ0) is 19.4. The number of amides is 1. The molecule has 0 aliphatic carbocycles. The molecule has 1 amide bonds. The Hall–Kier alpha value is -2.21. The third kappa shape index (κ3) is 4.75. The number of aromatic nitrogens is 2. The maximum atomic E-state index is 13.2. The third-order valence-electron chi connectivity index (χ3n) is 5.56. The molecule has 5 nitrogen and oxygen atoms in total. The average Bonchev–Trinajstić information content (AvgIpc) is 3.07. The number of halogens is 1. The van der Waals surface area contributed by atoms with Crippen LogP contribution in [0, 0.1) is 18.7 Å². The highest BCUT2D eigenvalue weighted by atomic mass is 19.1. The van der Waals surface area contributed by atoms with E-state index in [2.05, 4.69) is 9.55 Å². The molecule has 0 bridgehead atoms. The summed E-state index contributed by atoms with van der Waals surface area (Å²) >= 11 is 0. The number of piperidine rings is 1. The van der Waals surface area contributed by atoms with Gasteiger partial charge in [-0.2, -0.15) is 0 Å². The van der Waals surface area contributed by atoms with Gasteiger partial charge in [0.2, 0.25) is 5.91 Å². The lowest BCUT2D eigenvalue weighted by molar-refractivity contribution is -0.137. The zero-order valence-electron chi connectivity index (χ0n) is 16.4. The van der Waals surface area contributed by atoms with E-state index in [0.29, 0.717) is 5.92 Å². The van der Waals surface area contributed by atoms with Crippen molar-refractivity contribution in [3.8, 4) is 0 Å². The maximum absolute atomic E-state index is 13.2. The minimum atomic E-state index is -0.365. The van der Waals surface area contributed by atoms with Crippen molar-refractivity contribution in [1.29, 1.82) is 0 Å². The number of hydrogen-bond acceptors (Lipinski definition) is 3. The first-order valence-corrected chi connectivity index (χ1v) is 9.64. The van der Waals surface area contributed by atoms with Gasteiger partial charge in [0.05, 0.1) is 0 Å². The number of hydrogen-bond donors (Lipinski definition) is 0. The molecule has 2 heterocycles. The molecule has 1 atom stereocenters. The largest absolute Gasteiger partial charge is 0.341 e. The zero-order valence-corrected chi connectivity index (χ0v) is 16.4. The van der Waals surface area contributed by atoms with E-state index in [0.717, 1.165) is 50.3 Å². The van der Waals surface area contributed by atoms with Gasteiger partial charge in [0.1, 0.15) is 17.7 Å². The number of carbonyl (C=O) groups excluding carboxylic acids is 1. The van der Waals surface area contributed by atoms with E-state index in [1.807, 2.05) is 43.2 Å². The fourth-order valence-corrected chi connectivity index (χ4v) is 3.88. The van der Waals surface area contributed by atoms with Crippen molar-refractivity contribution in [3.05, 3.63) is 53.9 Å². The molecule has 6 heteroatoms. The molecule has 27 heavy (non-hydrogen) atoms. The van der Waals surface area contributed by atoms with Crippen molar-refractivity contribution >= 4 is 5.91 Å². The molecule has 1 aromatic heterocycles. The number of likely N-dealkylation sites (tertiary alicyclic amines) is 1. The van der Waals surface area contributed by atoms with Crippen molar-refractivity contribution in [1.82, 2.24) is 19.4 Å². The summed E-state index contributed by atoms with van der Waals surface area (Å²) in [6, 6.07) is 5.89. The first-order chi connectivity index (χ1) is 13.0. The first kappa shape index (κ1) is 19.5. The lowest BCUT2D eigenvalue weighted by Gasteiger charge is -2.36. The summed E-state index contributed by atoms with van der Waals surface area (Å²) < 4.78 is 15.4. The summed E-state index contributed by atoms with van der Waals surface area (Å²) in [6.07, 6.45) is 7.05. The highest BCUT2D eigenvalue weighted by Gasteiger charge is 2.30. The summed E-state index contributed by atoms with van der Waals surface area (Å²) in [5, 5.41) is 0. The minimum Gasteiger partial charge on any atom is -0.341 e. The SMILES string of the molecule is Cc1nccn1CCC1CCN(C(=O)C(c2ccc(F)cc2)N(C)C)CC1. The highest BCUT2D eigenvalue weighted by Crippen LogP contribution is 2.26. The molecular weight excluding hydrogens is 343 g/mol. The highest BCUT2D eigenvalue weighted by molar-refractivity contribution is 5.83. The van der Waals surface area contributed by atoms with Gasteiger partial charge in [-0.1, -0.05) is 12.1 Å². The molecule has 0 spiro atoms. The van der Waals surface area contributed by atoms with Crippen LogP contribution < -0.4 is 0 Å². The van der Waals surface area contributed by atoms with E-state index in [4.69, 9.17) is 0 Å². The molecule has 1 aliphatic rings. The Balaban J connectivity index is 1.56. The van der Waals surface area contributed by atoms with Crippen molar-refractivity contribution in [2.45, 2.75) is 38.8 Å². The van der Waals surface area contributed by atoms with Crippen LogP contribution in [-0.4, -0.2) is 52.4 Å². The van der Waals surface area contributed by atoms with E-state index < -0.39 is 0 Å².